The molecule has 1 amide bonds. The van der Waals surface area contributed by atoms with Crippen molar-refractivity contribution in [3.63, 3.8) is 0 Å². The van der Waals surface area contributed by atoms with Crippen molar-refractivity contribution in [3.8, 4) is 5.75 Å². The minimum absolute atomic E-state index is 0.0554. The van der Waals surface area contributed by atoms with Gasteiger partial charge in [-0.3, -0.25) is 14.4 Å². The molecule has 2 saturated heterocycles. The highest BCUT2D eigenvalue weighted by Gasteiger charge is 2.40. The van der Waals surface area contributed by atoms with E-state index in [1.807, 2.05) is 30.3 Å². The van der Waals surface area contributed by atoms with Crippen LogP contribution >= 0.6 is 0 Å². The van der Waals surface area contributed by atoms with Crippen LogP contribution in [0, 0.1) is 0 Å². The highest BCUT2D eigenvalue weighted by atomic mass is 16.5. The van der Waals surface area contributed by atoms with E-state index in [0.717, 1.165) is 48.9 Å². The Labute approximate surface area is 206 Å². The summed E-state index contributed by atoms with van der Waals surface area (Å²) >= 11 is 0. The summed E-state index contributed by atoms with van der Waals surface area (Å²) in [6, 6.07) is 17.4. The zero-order valence-electron chi connectivity index (χ0n) is 20.4. The molecule has 0 spiro atoms. The molecule has 1 aromatic heterocycles. The monoisotopic (exact) mass is 474 g/mol. The van der Waals surface area contributed by atoms with Crippen LogP contribution in [0.2, 0.25) is 0 Å². The average molecular weight is 475 g/mol. The lowest BCUT2D eigenvalue weighted by atomic mass is 9.89. The average Bonchev–Trinajstić information content (AvgIpc) is 3.53. The lowest BCUT2D eigenvalue weighted by molar-refractivity contribution is -0.0845. The Kier molecular flexibility index (Phi) is 6.20. The van der Waals surface area contributed by atoms with Crippen molar-refractivity contribution in [2.45, 2.75) is 69.2 Å². The molecule has 2 bridgehead atoms. The van der Waals surface area contributed by atoms with Gasteiger partial charge in [0, 0.05) is 35.6 Å². The van der Waals surface area contributed by atoms with E-state index in [9.17, 15) is 4.79 Å². The molecule has 3 atom stereocenters. The predicted octanol–water partition coefficient (Wildman–Crippen LogP) is 4.32. The molecule has 35 heavy (non-hydrogen) atoms. The van der Waals surface area contributed by atoms with E-state index in [4.69, 9.17) is 14.6 Å². The normalized spacial score (nSPS) is 25.1. The molecule has 6 rings (SSSR count). The fraction of sp³-hybridized carbons (Fsp3) is 0.500. The number of aromatic nitrogens is 2. The number of rotatable bonds is 6. The third kappa shape index (κ3) is 4.32. The van der Waals surface area contributed by atoms with Gasteiger partial charge in [0.15, 0.2) is 5.69 Å². The summed E-state index contributed by atoms with van der Waals surface area (Å²) in [5.41, 5.74) is 2.82. The van der Waals surface area contributed by atoms with Crippen molar-refractivity contribution in [3.05, 3.63) is 59.8 Å². The fourth-order valence-electron chi connectivity index (χ4n) is 6.33. The second kappa shape index (κ2) is 9.63. The van der Waals surface area contributed by atoms with Crippen molar-refractivity contribution in [2.75, 3.05) is 20.3 Å². The molecular formula is C28H34N4O3. The highest BCUT2D eigenvalue weighted by Crippen LogP contribution is 2.34. The SMILES string of the molecule is COc1ccccc1CN1[C@@H]2COC[C@H]1C[C@@H](NC(=O)c1nn(C3CCCC3)c3ccccc13)C2. The molecule has 7 nitrogen and oxygen atoms in total. The number of morpholine rings is 1. The van der Waals surface area contributed by atoms with Crippen LogP contribution in [0.3, 0.4) is 0 Å². The van der Waals surface area contributed by atoms with Crippen LogP contribution in [0.4, 0.5) is 0 Å². The van der Waals surface area contributed by atoms with E-state index < -0.39 is 0 Å². The van der Waals surface area contributed by atoms with Crippen LogP contribution in [0.25, 0.3) is 10.9 Å². The molecule has 3 aromatic rings. The standard InChI is InChI=1S/C28H34N4O3/c1-34-26-13-7-2-8-19(26)16-31-22-14-20(15-23(31)18-35-17-22)29-28(33)27-24-11-5-6-12-25(24)32(30-27)21-9-3-4-10-21/h2,5-8,11-13,20-23H,3-4,9-10,14-18H2,1H3,(H,29,33)/t20-,22-,23+. The lowest BCUT2D eigenvalue weighted by Gasteiger charge is -2.48. The molecular weight excluding hydrogens is 440 g/mol. The number of ether oxygens (including phenoxy) is 2. The molecule has 184 valence electrons. The summed E-state index contributed by atoms with van der Waals surface area (Å²) < 4.78 is 13.6. The maximum absolute atomic E-state index is 13.5. The molecule has 2 aromatic carbocycles. The number of carbonyl (C=O) groups is 1. The highest BCUT2D eigenvalue weighted by molar-refractivity contribution is 6.05. The Bertz CT molecular complexity index is 1190. The first kappa shape index (κ1) is 22.6. The maximum atomic E-state index is 13.5. The Balaban J connectivity index is 1.19. The van der Waals surface area contributed by atoms with Gasteiger partial charge in [-0.2, -0.15) is 5.10 Å². The van der Waals surface area contributed by atoms with Crippen LogP contribution in [0.1, 0.15) is 60.6 Å². The first-order valence-corrected chi connectivity index (χ1v) is 12.9. The van der Waals surface area contributed by atoms with Crippen LogP contribution < -0.4 is 10.1 Å². The minimum Gasteiger partial charge on any atom is -0.496 e. The summed E-state index contributed by atoms with van der Waals surface area (Å²) in [5.74, 6) is 0.867. The number of nitrogens with one attached hydrogen (secondary N) is 1. The van der Waals surface area contributed by atoms with E-state index in [1.54, 1.807) is 7.11 Å². The third-order valence-electron chi connectivity index (χ3n) is 8.05. The van der Waals surface area contributed by atoms with Gasteiger partial charge < -0.3 is 14.8 Å². The smallest absolute Gasteiger partial charge is 0.272 e. The summed E-state index contributed by atoms with van der Waals surface area (Å²) in [6.07, 6.45) is 6.50. The van der Waals surface area contributed by atoms with Gasteiger partial charge in [-0.05, 0) is 37.8 Å². The van der Waals surface area contributed by atoms with Crippen molar-refractivity contribution in [1.82, 2.24) is 20.0 Å². The molecule has 3 aliphatic rings. The Morgan fingerprint density at radius 2 is 1.74 bits per heavy atom. The Morgan fingerprint density at radius 3 is 2.51 bits per heavy atom. The van der Waals surface area contributed by atoms with Gasteiger partial charge in [0.05, 0.1) is 31.9 Å². The van der Waals surface area contributed by atoms with Crippen molar-refractivity contribution < 1.29 is 14.3 Å². The van der Waals surface area contributed by atoms with Crippen LogP contribution in [-0.4, -0.2) is 59.0 Å². The maximum Gasteiger partial charge on any atom is 0.272 e. The molecule has 2 aliphatic heterocycles. The molecule has 3 heterocycles. The molecule has 1 N–H and O–H groups in total. The quantitative estimate of drug-likeness (QED) is 0.576. The number of carbonyl (C=O) groups excluding carboxylic acids is 1. The molecule has 0 radical (unpaired) electrons. The van der Waals surface area contributed by atoms with Crippen LogP contribution in [0.5, 0.6) is 5.75 Å². The number of fused-ring (bicyclic) bond motifs is 3. The summed E-state index contributed by atoms with van der Waals surface area (Å²) in [7, 11) is 1.72. The van der Waals surface area contributed by atoms with Crippen molar-refractivity contribution >= 4 is 16.8 Å². The van der Waals surface area contributed by atoms with E-state index in [0.29, 0.717) is 24.9 Å². The predicted molar refractivity (Wildman–Crippen MR) is 135 cm³/mol. The van der Waals surface area contributed by atoms with E-state index >= 15 is 0 Å². The minimum atomic E-state index is -0.0554. The zero-order chi connectivity index (χ0) is 23.8. The summed E-state index contributed by atoms with van der Waals surface area (Å²) in [6.45, 7) is 2.22. The van der Waals surface area contributed by atoms with Crippen LogP contribution in [-0.2, 0) is 11.3 Å². The van der Waals surface area contributed by atoms with E-state index in [2.05, 4.69) is 33.1 Å². The lowest BCUT2D eigenvalue weighted by Crippen LogP contribution is -2.60. The number of hydrogen-bond acceptors (Lipinski definition) is 5. The van der Waals surface area contributed by atoms with Gasteiger partial charge in [0.1, 0.15) is 5.75 Å². The first-order valence-electron chi connectivity index (χ1n) is 12.9. The summed E-state index contributed by atoms with van der Waals surface area (Å²) in [5, 5.41) is 9.15. The number of hydrogen-bond donors (Lipinski definition) is 1. The van der Waals surface area contributed by atoms with Gasteiger partial charge >= 0.3 is 0 Å². The topological polar surface area (TPSA) is 68.6 Å². The number of para-hydroxylation sites is 2. The van der Waals surface area contributed by atoms with Gasteiger partial charge in [0.25, 0.3) is 5.91 Å². The van der Waals surface area contributed by atoms with Gasteiger partial charge in [-0.25, -0.2) is 0 Å². The summed E-state index contributed by atoms with van der Waals surface area (Å²) in [4.78, 5) is 16.0. The number of methoxy groups -OCH3 is 1. The molecule has 1 aliphatic carbocycles. The molecule has 1 saturated carbocycles. The largest absolute Gasteiger partial charge is 0.496 e. The number of nitrogens with zero attached hydrogens (tertiary/aromatic N) is 3. The van der Waals surface area contributed by atoms with Gasteiger partial charge in [-0.15, -0.1) is 0 Å². The number of benzene rings is 2. The zero-order valence-corrected chi connectivity index (χ0v) is 20.4. The number of piperidine rings is 1. The second-order valence-corrected chi connectivity index (χ2v) is 10.2. The Hall–Kier alpha value is -2.90. The molecule has 3 fully saturated rings. The van der Waals surface area contributed by atoms with E-state index in [-0.39, 0.29) is 24.0 Å². The van der Waals surface area contributed by atoms with Gasteiger partial charge in [-0.1, -0.05) is 49.2 Å². The number of amides is 1. The molecule has 7 heteroatoms. The van der Waals surface area contributed by atoms with Crippen LogP contribution in [0.15, 0.2) is 48.5 Å². The molecule has 0 unspecified atom stereocenters. The van der Waals surface area contributed by atoms with Crippen molar-refractivity contribution in [2.24, 2.45) is 0 Å². The second-order valence-electron chi connectivity index (χ2n) is 10.2. The van der Waals surface area contributed by atoms with Gasteiger partial charge in [0.2, 0.25) is 0 Å². The third-order valence-corrected chi connectivity index (χ3v) is 8.05. The van der Waals surface area contributed by atoms with Crippen molar-refractivity contribution in [1.29, 1.82) is 0 Å². The Morgan fingerprint density at radius 1 is 1.03 bits per heavy atom. The fourth-order valence-corrected chi connectivity index (χ4v) is 6.33. The van der Waals surface area contributed by atoms with E-state index in [1.165, 1.54) is 18.4 Å². The first-order chi connectivity index (χ1) is 17.2.